The Kier molecular flexibility index (Phi) is 71.4. The molecule has 0 radical (unpaired) electrons. The number of hydrogen-bond acceptors (Lipinski definition) is 5. The molecule has 0 aliphatic carbocycles. The molecule has 6 nitrogen and oxygen atoms in total. The topological polar surface area (TPSA) is 95.9 Å². The zero-order valence-corrected chi connectivity index (χ0v) is 56.5. The van der Waals surface area contributed by atoms with Gasteiger partial charge >= 0.3 is 5.97 Å². The average molecular weight is 1170 g/mol. The van der Waals surface area contributed by atoms with Gasteiger partial charge in [-0.25, -0.2) is 0 Å². The van der Waals surface area contributed by atoms with Crippen LogP contribution in [0.3, 0.4) is 0 Å². The Labute approximate surface area is 520 Å². The molecule has 0 aromatic rings. The highest BCUT2D eigenvalue weighted by Crippen LogP contribution is 2.20. The lowest BCUT2D eigenvalue weighted by Crippen LogP contribution is -2.45. The van der Waals surface area contributed by atoms with Crippen molar-refractivity contribution in [3.8, 4) is 0 Å². The Morgan fingerprint density at radius 2 is 0.602 bits per heavy atom. The Morgan fingerprint density at radius 3 is 0.940 bits per heavy atom. The number of allylic oxidation sites excluding steroid dienone is 4. The lowest BCUT2D eigenvalue weighted by Gasteiger charge is -2.22. The van der Waals surface area contributed by atoms with Gasteiger partial charge in [0.2, 0.25) is 5.91 Å². The summed E-state index contributed by atoms with van der Waals surface area (Å²) in [4.78, 5) is 24.6. The van der Waals surface area contributed by atoms with Crippen LogP contribution in [-0.4, -0.2) is 47.4 Å². The minimum Gasteiger partial charge on any atom is -0.466 e. The number of rotatable bonds is 72. The summed E-state index contributed by atoms with van der Waals surface area (Å²) < 4.78 is 5.49. The molecule has 2 atom stereocenters. The van der Waals surface area contributed by atoms with Gasteiger partial charge in [0, 0.05) is 12.8 Å². The van der Waals surface area contributed by atoms with Gasteiger partial charge in [-0.05, 0) is 57.8 Å². The number of esters is 1. The molecule has 2 unspecified atom stereocenters. The van der Waals surface area contributed by atoms with E-state index in [1.54, 1.807) is 0 Å². The van der Waals surface area contributed by atoms with E-state index in [2.05, 4.69) is 43.5 Å². The van der Waals surface area contributed by atoms with Crippen LogP contribution in [0.15, 0.2) is 24.3 Å². The Balaban J connectivity index is 3.30. The summed E-state index contributed by atoms with van der Waals surface area (Å²) in [5.74, 6) is -0.0166. The minimum absolute atomic E-state index is 0.00924. The number of unbranched alkanes of at least 4 members (excludes halogenated alkanes) is 57. The predicted octanol–water partition coefficient (Wildman–Crippen LogP) is 24.9. The highest BCUT2D eigenvalue weighted by molar-refractivity contribution is 5.76. The van der Waals surface area contributed by atoms with E-state index in [0.29, 0.717) is 25.9 Å². The fourth-order valence-corrected chi connectivity index (χ4v) is 12.2. The Bertz CT molecular complexity index is 1300. The molecule has 492 valence electrons. The van der Waals surface area contributed by atoms with Crippen molar-refractivity contribution in [1.82, 2.24) is 5.32 Å². The smallest absolute Gasteiger partial charge is 0.305 e. The van der Waals surface area contributed by atoms with E-state index in [1.165, 1.54) is 347 Å². The zero-order chi connectivity index (χ0) is 59.9. The third-order valence-electron chi connectivity index (χ3n) is 18.0. The maximum Gasteiger partial charge on any atom is 0.305 e. The van der Waals surface area contributed by atoms with Crippen LogP contribution in [0, 0.1) is 0 Å². The summed E-state index contributed by atoms with van der Waals surface area (Å²) in [6.45, 7) is 4.96. The third kappa shape index (κ3) is 69.3. The molecule has 83 heavy (non-hydrogen) atoms. The number of hydrogen-bond donors (Lipinski definition) is 3. The molecule has 0 rings (SSSR count). The quantitative estimate of drug-likeness (QED) is 0.0320. The number of aliphatic hydroxyl groups is 2. The summed E-state index contributed by atoms with van der Waals surface area (Å²) in [6, 6.07) is -0.537. The lowest BCUT2D eigenvalue weighted by molar-refractivity contribution is -0.143. The standard InChI is InChI=1S/C77H149NO5/c1-3-5-7-9-11-13-15-17-19-42-45-49-53-57-61-65-69-75(80)74(73-79)78-76(81)70-66-62-58-54-50-46-43-39-37-35-33-31-29-27-25-23-21-20-22-24-26-28-30-32-34-36-38-40-44-48-52-56-60-64-68-72-83-77(82)71-67-63-59-55-51-47-41-18-16-14-12-10-8-6-4-2/h12,14,18,41,74-75,79-80H,3-11,13,15-17,19-40,42-73H2,1-2H3,(H,78,81)/b14-12-,41-18-. The normalized spacial score (nSPS) is 12.6. The number of aliphatic hydroxyl groups excluding tert-OH is 2. The van der Waals surface area contributed by atoms with Crippen LogP contribution in [0.1, 0.15) is 431 Å². The molecule has 1 amide bonds. The fraction of sp³-hybridized carbons (Fsp3) is 0.922. The molecule has 3 N–H and O–H groups in total. The SMILES string of the molecule is CCCCC/C=C\C/C=C\CCCCCCCC(=O)OCCCCCCCCCCCCCCCCCCCCCCCCCCCCCCCCCCCCCC(=O)NC(CO)C(O)CCCCCCCCCCCCCCCCCC. The largest absolute Gasteiger partial charge is 0.466 e. The van der Waals surface area contributed by atoms with E-state index in [4.69, 9.17) is 4.74 Å². The molecule has 0 saturated carbocycles. The molecule has 6 heteroatoms. The number of carbonyl (C=O) groups is 2. The molecule has 0 aliphatic heterocycles. The van der Waals surface area contributed by atoms with Crippen LogP contribution in [-0.2, 0) is 14.3 Å². The first-order chi connectivity index (χ1) is 41.0. The second-order valence-electron chi connectivity index (χ2n) is 26.3. The van der Waals surface area contributed by atoms with Gasteiger partial charge in [0.25, 0.3) is 0 Å². The van der Waals surface area contributed by atoms with E-state index < -0.39 is 12.1 Å². The molecular weight excluding hydrogens is 1020 g/mol. The van der Waals surface area contributed by atoms with Gasteiger partial charge in [-0.3, -0.25) is 9.59 Å². The molecule has 0 aromatic carbocycles. The summed E-state index contributed by atoms with van der Waals surface area (Å²) in [5, 5.41) is 23.4. The van der Waals surface area contributed by atoms with Crippen LogP contribution in [0.4, 0.5) is 0 Å². The fourth-order valence-electron chi connectivity index (χ4n) is 12.2. The second-order valence-corrected chi connectivity index (χ2v) is 26.3. The van der Waals surface area contributed by atoms with Crippen LogP contribution < -0.4 is 5.32 Å². The number of amides is 1. The zero-order valence-electron chi connectivity index (χ0n) is 56.5. The first-order valence-electron chi connectivity index (χ1n) is 38.1. The van der Waals surface area contributed by atoms with Gasteiger partial charge in [-0.15, -0.1) is 0 Å². The van der Waals surface area contributed by atoms with E-state index in [9.17, 15) is 19.8 Å². The van der Waals surface area contributed by atoms with E-state index in [-0.39, 0.29) is 18.5 Å². The van der Waals surface area contributed by atoms with Crippen molar-refractivity contribution in [3.63, 3.8) is 0 Å². The number of ether oxygens (including phenoxy) is 1. The Morgan fingerprint density at radius 1 is 0.337 bits per heavy atom. The first kappa shape index (κ1) is 81.3. The molecular formula is C77H149NO5. The van der Waals surface area contributed by atoms with E-state index in [1.807, 2.05) is 0 Å². The van der Waals surface area contributed by atoms with Crippen molar-refractivity contribution < 1.29 is 24.5 Å². The van der Waals surface area contributed by atoms with Gasteiger partial charge in [0.1, 0.15) is 0 Å². The predicted molar refractivity (Wildman–Crippen MR) is 366 cm³/mol. The molecule has 0 heterocycles. The van der Waals surface area contributed by atoms with Gasteiger partial charge in [-0.2, -0.15) is 0 Å². The third-order valence-corrected chi connectivity index (χ3v) is 18.0. The summed E-state index contributed by atoms with van der Waals surface area (Å²) in [7, 11) is 0. The molecule has 0 fully saturated rings. The van der Waals surface area contributed by atoms with Crippen molar-refractivity contribution in [1.29, 1.82) is 0 Å². The van der Waals surface area contributed by atoms with Crippen LogP contribution in [0.25, 0.3) is 0 Å². The maximum absolute atomic E-state index is 12.5. The summed E-state index contributed by atoms with van der Waals surface area (Å²) >= 11 is 0. The number of carbonyl (C=O) groups excluding carboxylic acids is 2. The van der Waals surface area contributed by atoms with Gasteiger partial charge in [0.15, 0.2) is 0 Å². The van der Waals surface area contributed by atoms with Crippen molar-refractivity contribution in [2.75, 3.05) is 13.2 Å². The van der Waals surface area contributed by atoms with Gasteiger partial charge in [-0.1, -0.05) is 385 Å². The Hall–Kier alpha value is -1.66. The van der Waals surface area contributed by atoms with Crippen molar-refractivity contribution >= 4 is 11.9 Å². The molecule has 0 spiro atoms. The molecule has 0 aliphatic rings. The highest BCUT2D eigenvalue weighted by atomic mass is 16.5. The van der Waals surface area contributed by atoms with E-state index in [0.717, 1.165) is 51.4 Å². The number of nitrogens with one attached hydrogen (secondary N) is 1. The first-order valence-corrected chi connectivity index (χ1v) is 38.1. The average Bonchev–Trinajstić information content (AvgIpc) is 3.49. The monoisotopic (exact) mass is 1170 g/mol. The molecule has 0 bridgehead atoms. The van der Waals surface area contributed by atoms with Crippen LogP contribution in [0.2, 0.25) is 0 Å². The van der Waals surface area contributed by atoms with Gasteiger partial charge < -0.3 is 20.3 Å². The lowest BCUT2D eigenvalue weighted by atomic mass is 10.0. The van der Waals surface area contributed by atoms with Crippen LogP contribution >= 0.6 is 0 Å². The van der Waals surface area contributed by atoms with E-state index >= 15 is 0 Å². The molecule has 0 saturated heterocycles. The minimum atomic E-state index is -0.660. The van der Waals surface area contributed by atoms with Gasteiger partial charge in [0.05, 0.1) is 25.4 Å². The van der Waals surface area contributed by atoms with Crippen molar-refractivity contribution in [2.24, 2.45) is 0 Å². The molecule has 0 aromatic heterocycles. The maximum atomic E-state index is 12.5. The van der Waals surface area contributed by atoms with Crippen molar-refractivity contribution in [3.05, 3.63) is 24.3 Å². The highest BCUT2D eigenvalue weighted by Gasteiger charge is 2.20. The summed E-state index contributed by atoms with van der Waals surface area (Å²) in [5.41, 5.74) is 0. The van der Waals surface area contributed by atoms with Crippen molar-refractivity contribution in [2.45, 2.75) is 443 Å². The second kappa shape index (κ2) is 72.8. The summed E-state index contributed by atoms with van der Waals surface area (Å²) in [6.07, 6.45) is 92.6. The van der Waals surface area contributed by atoms with Crippen LogP contribution in [0.5, 0.6) is 0 Å².